The smallest absolute Gasteiger partial charge is 0.276 e. The van der Waals surface area contributed by atoms with E-state index in [-0.39, 0.29) is 17.4 Å². The molecule has 1 aromatic carbocycles. The molecule has 140 valence electrons. The first-order chi connectivity index (χ1) is 12.3. The minimum atomic E-state index is -0.232. The molecule has 26 heavy (non-hydrogen) atoms. The monoisotopic (exact) mass is 357 g/mol. The zero-order chi connectivity index (χ0) is 18.9. The van der Waals surface area contributed by atoms with E-state index in [2.05, 4.69) is 45.0 Å². The first kappa shape index (κ1) is 18.3. The summed E-state index contributed by atoms with van der Waals surface area (Å²) in [5.74, 6) is 1.41. The molecule has 2 aromatic rings. The van der Waals surface area contributed by atoms with Gasteiger partial charge in [0.25, 0.3) is 5.91 Å². The van der Waals surface area contributed by atoms with Gasteiger partial charge in [-0.15, -0.1) is 0 Å². The van der Waals surface area contributed by atoms with E-state index in [1.54, 1.807) is 6.07 Å². The van der Waals surface area contributed by atoms with Crippen LogP contribution in [0, 0.1) is 0 Å². The van der Waals surface area contributed by atoms with Crippen LogP contribution < -0.4 is 14.8 Å². The highest BCUT2D eigenvalue weighted by molar-refractivity contribution is 6.03. The fourth-order valence-corrected chi connectivity index (χ4v) is 2.89. The SMILES string of the molecule is CC(C)c1cc(C(=O)Nc2ccc3c(c2)OCCCO3)nn1C(C)(C)C. The minimum Gasteiger partial charge on any atom is -0.490 e. The van der Waals surface area contributed by atoms with E-state index in [0.717, 1.165) is 12.1 Å². The van der Waals surface area contributed by atoms with Crippen molar-refractivity contribution in [3.05, 3.63) is 35.7 Å². The predicted molar refractivity (Wildman–Crippen MR) is 101 cm³/mol. The molecule has 1 N–H and O–H groups in total. The quantitative estimate of drug-likeness (QED) is 0.895. The fourth-order valence-electron chi connectivity index (χ4n) is 2.89. The Labute approximate surface area is 154 Å². The van der Waals surface area contributed by atoms with E-state index in [0.29, 0.717) is 36.1 Å². The van der Waals surface area contributed by atoms with Gasteiger partial charge in [-0.2, -0.15) is 5.10 Å². The summed E-state index contributed by atoms with van der Waals surface area (Å²) in [5, 5.41) is 7.46. The zero-order valence-electron chi connectivity index (χ0n) is 16.1. The number of rotatable bonds is 3. The molecule has 6 heteroatoms. The average molecular weight is 357 g/mol. The molecule has 0 radical (unpaired) electrons. The molecule has 1 aliphatic heterocycles. The predicted octanol–water partition coefficient (Wildman–Crippen LogP) is 4.18. The van der Waals surface area contributed by atoms with Gasteiger partial charge in [0.1, 0.15) is 0 Å². The number of nitrogens with zero attached hydrogens (tertiary/aromatic N) is 2. The van der Waals surface area contributed by atoms with Crippen molar-refractivity contribution in [2.24, 2.45) is 0 Å². The van der Waals surface area contributed by atoms with Crippen LogP contribution in [0.15, 0.2) is 24.3 Å². The molecular formula is C20H27N3O3. The molecule has 0 bridgehead atoms. The van der Waals surface area contributed by atoms with Gasteiger partial charge in [0.15, 0.2) is 17.2 Å². The Morgan fingerprint density at radius 1 is 1.15 bits per heavy atom. The summed E-state index contributed by atoms with van der Waals surface area (Å²) in [7, 11) is 0. The lowest BCUT2D eigenvalue weighted by Crippen LogP contribution is -2.26. The second kappa shape index (κ2) is 7.02. The Hall–Kier alpha value is -2.50. The third-order valence-electron chi connectivity index (χ3n) is 4.20. The van der Waals surface area contributed by atoms with E-state index in [4.69, 9.17) is 9.47 Å². The lowest BCUT2D eigenvalue weighted by molar-refractivity contribution is 0.102. The molecule has 3 rings (SSSR count). The van der Waals surface area contributed by atoms with Crippen LogP contribution in [0.3, 0.4) is 0 Å². The standard InChI is InChI=1S/C20H27N3O3/c1-13(2)16-12-15(22-23(16)20(3,4)5)19(24)21-14-7-8-17-18(11-14)26-10-6-9-25-17/h7-8,11-13H,6,9-10H2,1-5H3,(H,21,24). The van der Waals surface area contributed by atoms with E-state index in [9.17, 15) is 4.79 Å². The summed E-state index contributed by atoms with van der Waals surface area (Å²) in [6.45, 7) is 11.7. The molecule has 0 saturated carbocycles. The third-order valence-corrected chi connectivity index (χ3v) is 4.20. The van der Waals surface area contributed by atoms with Gasteiger partial charge in [-0.3, -0.25) is 9.48 Å². The summed E-state index contributed by atoms with van der Waals surface area (Å²) in [4.78, 5) is 12.7. The Kier molecular flexibility index (Phi) is 4.94. The summed E-state index contributed by atoms with van der Waals surface area (Å²) < 4.78 is 13.2. The molecule has 0 spiro atoms. The molecule has 1 amide bonds. The Balaban J connectivity index is 1.83. The van der Waals surface area contributed by atoms with Gasteiger partial charge in [-0.05, 0) is 44.9 Å². The van der Waals surface area contributed by atoms with Crippen molar-refractivity contribution < 1.29 is 14.3 Å². The maximum Gasteiger partial charge on any atom is 0.276 e. The molecular weight excluding hydrogens is 330 g/mol. The number of aromatic nitrogens is 2. The largest absolute Gasteiger partial charge is 0.490 e. The maximum atomic E-state index is 12.7. The number of nitrogens with one attached hydrogen (secondary N) is 1. The van der Waals surface area contributed by atoms with E-state index in [1.165, 1.54) is 0 Å². The van der Waals surface area contributed by atoms with Crippen LogP contribution in [0.25, 0.3) is 0 Å². The number of carbonyl (C=O) groups excluding carboxylic acids is 1. The van der Waals surface area contributed by atoms with Crippen LogP contribution in [-0.2, 0) is 5.54 Å². The molecule has 0 aliphatic carbocycles. The highest BCUT2D eigenvalue weighted by Crippen LogP contribution is 2.32. The summed E-state index contributed by atoms with van der Waals surface area (Å²) in [6.07, 6.45) is 0.846. The normalized spacial score (nSPS) is 14.2. The average Bonchev–Trinajstić information content (AvgIpc) is 2.90. The summed E-state index contributed by atoms with van der Waals surface area (Å²) in [5.41, 5.74) is 1.93. The number of anilines is 1. The topological polar surface area (TPSA) is 65.4 Å². The maximum absolute atomic E-state index is 12.7. The number of fused-ring (bicyclic) bond motifs is 1. The highest BCUT2D eigenvalue weighted by Gasteiger charge is 2.24. The molecule has 6 nitrogen and oxygen atoms in total. The zero-order valence-corrected chi connectivity index (χ0v) is 16.1. The molecule has 1 aromatic heterocycles. The van der Waals surface area contributed by atoms with Gasteiger partial charge >= 0.3 is 0 Å². The second-order valence-corrected chi connectivity index (χ2v) is 7.86. The van der Waals surface area contributed by atoms with Gasteiger partial charge in [0, 0.05) is 23.9 Å². The van der Waals surface area contributed by atoms with Gasteiger partial charge in [0.05, 0.1) is 18.8 Å². The van der Waals surface area contributed by atoms with Crippen molar-refractivity contribution in [3.8, 4) is 11.5 Å². The third kappa shape index (κ3) is 3.84. The fraction of sp³-hybridized carbons (Fsp3) is 0.500. The van der Waals surface area contributed by atoms with Crippen molar-refractivity contribution >= 4 is 11.6 Å². The van der Waals surface area contributed by atoms with Crippen LogP contribution >= 0.6 is 0 Å². The van der Waals surface area contributed by atoms with Crippen LogP contribution in [0.5, 0.6) is 11.5 Å². The number of carbonyl (C=O) groups is 1. The number of hydrogen-bond acceptors (Lipinski definition) is 4. The molecule has 0 fully saturated rings. The summed E-state index contributed by atoms with van der Waals surface area (Å²) >= 11 is 0. The van der Waals surface area contributed by atoms with E-state index >= 15 is 0 Å². The molecule has 0 saturated heterocycles. The Morgan fingerprint density at radius 2 is 1.85 bits per heavy atom. The molecule has 2 heterocycles. The highest BCUT2D eigenvalue weighted by atomic mass is 16.5. The van der Waals surface area contributed by atoms with Gasteiger partial charge in [-0.1, -0.05) is 13.8 Å². The van der Waals surface area contributed by atoms with Crippen molar-refractivity contribution in [2.45, 2.75) is 52.5 Å². The first-order valence-electron chi connectivity index (χ1n) is 9.07. The minimum absolute atomic E-state index is 0.187. The Morgan fingerprint density at radius 3 is 2.46 bits per heavy atom. The molecule has 1 aliphatic rings. The lowest BCUT2D eigenvalue weighted by Gasteiger charge is -2.23. The Bertz CT molecular complexity index is 803. The first-order valence-corrected chi connectivity index (χ1v) is 9.07. The van der Waals surface area contributed by atoms with Crippen molar-refractivity contribution in [2.75, 3.05) is 18.5 Å². The second-order valence-electron chi connectivity index (χ2n) is 7.86. The van der Waals surface area contributed by atoms with Crippen molar-refractivity contribution in [1.29, 1.82) is 0 Å². The van der Waals surface area contributed by atoms with Crippen LogP contribution in [0.4, 0.5) is 5.69 Å². The number of ether oxygens (including phenoxy) is 2. The van der Waals surface area contributed by atoms with Crippen LogP contribution in [-0.4, -0.2) is 28.9 Å². The van der Waals surface area contributed by atoms with Crippen LogP contribution in [0.1, 0.15) is 63.1 Å². The molecule has 0 atom stereocenters. The molecule has 0 unspecified atom stereocenters. The van der Waals surface area contributed by atoms with Crippen molar-refractivity contribution in [3.63, 3.8) is 0 Å². The summed E-state index contributed by atoms with van der Waals surface area (Å²) in [6, 6.07) is 7.30. The number of benzene rings is 1. The van der Waals surface area contributed by atoms with E-state index < -0.39 is 0 Å². The number of amides is 1. The van der Waals surface area contributed by atoms with Gasteiger partial charge in [0.2, 0.25) is 0 Å². The van der Waals surface area contributed by atoms with Crippen molar-refractivity contribution in [1.82, 2.24) is 9.78 Å². The lowest BCUT2D eigenvalue weighted by atomic mass is 10.1. The van der Waals surface area contributed by atoms with Gasteiger partial charge < -0.3 is 14.8 Å². The van der Waals surface area contributed by atoms with E-state index in [1.807, 2.05) is 22.9 Å². The van der Waals surface area contributed by atoms with Gasteiger partial charge in [-0.25, -0.2) is 0 Å². The van der Waals surface area contributed by atoms with Crippen LogP contribution in [0.2, 0.25) is 0 Å². The number of hydrogen-bond donors (Lipinski definition) is 1.